The number of amidine groups is 1. The number of aryl methyl sites for hydroxylation is 2. The molecule has 1 fully saturated rings. The third-order valence-corrected chi connectivity index (χ3v) is 7.33. The number of nitrogens with zero attached hydrogens (tertiary/aromatic N) is 1. The predicted molar refractivity (Wildman–Crippen MR) is 135 cm³/mol. The molecule has 3 aromatic carbocycles. The van der Waals surface area contributed by atoms with Gasteiger partial charge in [-0.2, -0.15) is 8.42 Å². The molecule has 1 N–H and O–H groups in total. The summed E-state index contributed by atoms with van der Waals surface area (Å²) in [4.78, 5) is 17.4. The van der Waals surface area contributed by atoms with Gasteiger partial charge in [-0.1, -0.05) is 51.3 Å². The van der Waals surface area contributed by atoms with Crippen molar-refractivity contribution in [3.05, 3.63) is 92.8 Å². The van der Waals surface area contributed by atoms with Gasteiger partial charge in [-0.25, -0.2) is 4.99 Å². The summed E-state index contributed by atoms with van der Waals surface area (Å²) in [6.07, 6.45) is 1.59. The Kier molecular flexibility index (Phi) is 6.73. The molecule has 0 spiro atoms. The van der Waals surface area contributed by atoms with Crippen molar-refractivity contribution in [2.75, 3.05) is 0 Å². The van der Waals surface area contributed by atoms with Crippen LogP contribution in [0.15, 0.2) is 86.0 Å². The largest absolute Gasteiger partial charge is 0.378 e. The topological polar surface area (TPSA) is 84.8 Å². The highest BCUT2D eigenvalue weighted by Crippen LogP contribution is 2.33. The number of hydrogen-bond donors (Lipinski definition) is 1. The number of nitrogens with one attached hydrogen (secondary N) is 1. The predicted octanol–water partition coefficient (Wildman–Crippen LogP) is 5.73. The van der Waals surface area contributed by atoms with Crippen LogP contribution >= 0.6 is 27.7 Å². The Morgan fingerprint density at radius 2 is 1.61 bits per heavy atom. The molecule has 0 bridgehead atoms. The molecule has 0 atom stereocenters. The number of carbonyl (C=O) groups is 1. The first-order valence-corrected chi connectivity index (χ1v) is 12.9. The van der Waals surface area contributed by atoms with E-state index < -0.39 is 10.1 Å². The van der Waals surface area contributed by atoms with Crippen molar-refractivity contribution in [1.29, 1.82) is 0 Å². The van der Waals surface area contributed by atoms with Crippen molar-refractivity contribution in [2.24, 2.45) is 4.99 Å². The van der Waals surface area contributed by atoms with Crippen molar-refractivity contribution in [3.63, 3.8) is 0 Å². The van der Waals surface area contributed by atoms with Crippen molar-refractivity contribution >= 4 is 60.6 Å². The first-order chi connectivity index (χ1) is 15.7. The van der Waals surface area contributed by atoms with E-state index in [2.05, 4.69) is 26.2 Å². The maximum atomic E-state index is 12.8. The lowest BCUT2D eigenvalue weighted by Crippen LogP contribution is -2.19. The van der Waals surface area contributed by atoms with Crippen LogP contribution in [0.4, 0.5) is 5.69 Å². The number of hydrogen-bond acceptors (Lipinski definition) is 6. The fraction of sp³-hybridized carbons (Fsp3) is 0.0833. The molecule has 0 aromatic heterocycles. The van der Waals surface area contributed by atoms with Gasteiger partial charge in [0.05, 0.1) is 10.6 Å². The molecule has 1 amide bonds. The van der Waals surface area contributed by atoms with E-state index in [4.69, 9.17) is 4.18 Å². The summed E-state index contributed by atoms with van der Waals surface area (Å²) in [5, 5.41) is 3.18. The first-order valence-electron chi connectivity index (χ1n) is 9.86. The zero-order chi connectivity index (χ0) is 23.6. The van der Waals surface area contributed by atoms with Gasteiger partial charge in [-0.15, -0.1) is 0 Å². The van der Waals surface area contributed by atoms with Crippen LogP contribution in [0.25, 0.3) is 6.08 Å². The quantitative estimate of drug-likeness (QED) is 0.329. The van der Waals surface area contributed by atoms with E-state index in [1.807, 2.05) is 38.1 Å². The van der Waals surface area contributed by atoms with Crippen LogP contribution in [0.1, 0.15) is 16.7 Å². The summed E-state index contributed by atoms with van der Waals surface area (Å²) >= 11 is 4.56. The van der Waals surface area contributed by atoms with E-state index in [9.17, 15) is 13.2 Å². The Morgan fingerprint density at radius 3 is 2.27 bits per heavy atom. The summed E-state index contributed by atoms with van der Waals surface area (Å²) in [6.45, 7) is 3.86. The molecule has 1 saturated heterocycles. The molecule has 4 rings (SSSR count). The molecule has 0 aliphatic carbocycles. The number of halogens is 1. The molecule has 9 heteroatoms. The molecule has 168 valence electrons. The second kappa shape index (κ2) is 9.54. The smallest absolute Gasteiger partial charge is 0.339 e. The highest BCUT2D eigenvalue weighted by molar-refractivity contribution is 9.10. The van der Waals surface area contributed by atoms with E-state index in [1.165, 1.54) is 23.9 Å². The van der Waals surface area contributed by atoms with Gasteiger partial charge >= 0.3 is 10.1 Å². The van der Waals surface area contributed by atoms with Crippen molar-refractivity contribution in [3.8, 4) is 5.75 Å². The van der Waals surface area contributed by atoms with E-state index in [0.717, 1.165) is 16.8 Å². The fourth-order valence-electron chi connectivity index (χ4n) is 2.94. The van der Waals surface area contributed by atoms with Crippen LogP contribution in [0.5, 0.6) is 5.75 Å². The lowest BCUT2D eigenvalue weighted by atomic mass is 10.2. The molecule has 1 aliphatic rings. The molecule has 6 nitrogen and oxygen atoms in total. The number of benzene rings is 3. The van der Waals surface area contributed by atoms with E-state index in [0.29, 0.717) is 20.1 Å². The van der Waals surface area contributed by atoms with Gasteiger partial charge in [-0.05, 0) is 74.1 Å². The molecule has 33 heavy (non-hydrogen) atoms. The normalized spacial score (nSPS) is 16.3. The Balaban J connectivity index is 1.63. The van der Waals surface area contributed by atoms with Gasteiger partial charge in [0.15, 0.2) is 5.17 Å². The summed E-state index contributed by atoms with van der Waals surface area (Å²) < 4.78 is 31.7. The average Bonchev–Trinajstić information content (AvgIpc) is 3.10. The lowest BCUT2D eigenvalue weighted by Gasteiger charge is -2.10. The molecule has 1 aliphatic heterocycles. The maximum Gasteiger partial charge on any atom is 0.339 e. The molecule has 0 unspecified atom stereocenters. The molecule has 0 saturated carbocycles. The zero-order valence-corrected chi connectivity index (χ0v) is 20.9. The van der Waals surface area contributed by atoms with Crippen LogP contribution in [-0.2, 0) is 14.9 Å². The Labute approximate surface area is 205 Å². The fourth-order valence-corrected chi connectivity index (χ4v) is 5.10. The third kappa shape index (κ3) is 5.73. The van der Waals surface area contributed by atoms with Crippen LogP contribution < -0.4 is 9.50 Å². The van der Waals surface area contributed by atoms with Gasteiger partial charge in [0.1, 0.15) is 10.6 Å². The maximum absolute atomic E-state index is 12.8. The zero-order valence-electron chi connectivity index (χ0n) is 17.7. The summed E-state index contributed by atoms with van der Waals surface area (Å²) in [7, 11) is -4.04. The Bertz CT molecular complexity index is 1380. The molecular formula is C24H19BrN2O4S2. The number of carbonyl (C=O) groups excluding carboxylic acids is 1. The number of amides is 1. The highest BCUT2D eigenvalue weighted by atomic mass is 79.9. The SMILES string of the molecule is Cc1ccc(N=C2NC(=O)/C(=C/c3cc(Br)ccc3OS(=O)(=O)c3ccc(C)cc3)S2)cc1. The average molecular weight is 543 g/mol. The van der Waals surface area contributed by atoms with Gasteiger partial charge in [-0.3, -0.25) is 4.79 Å². The van der Waals surface area contributed by atoms with Gasteiger partial charge in [0.25, 0.3) is 5.91 Å². The molecule has 3 aromatic rings. The monoisotopic (exact) mass is 542 g/mol. The van der Waals surface area contributed by atoms with Crippen LogP contribution in [0.2, 0.25) is 0 Å². The Hall–Kier alpha value is -2.88. The standard InChI is InChI=1S/C24H19BrN2O4S2/c1-15-3-8-19(9-4-15)26-24-27-23(28)22(32-24)14-17-13-18(25)7-12-21(17)31-33(29,30)20-10-5-16(2)6-11-20/h3-14H,1-2H3,(H,26,27,28)/b22-14-. The second-order valence-electron chi connectivity index (χ2n) is 7.35. The summed E-state index contributed by atoms with van der Waals surface area (Å²) in [5.41, 5.74) is 3.22. The van der Waals surface area contributed by atoms with E-state index >= 15 is 0 Å². The number of thioether (sulfide) groups is 1. The summed E-state index contributed by atoms with van der Waals surface area (Å²) in [5.74, 6) is -0.207. The number of rotatable bonds is 5. The van der Waals surface area contributed by atoms with Crippen molar-refractivity contribution in [1.82, 2.24) is 5.32 Å². The molecule has 0 radical (unpaired) electrons. The van der Waals surface area contributed by atoms with Gasteiger partial charge < -0.3 is 9.50 Å². The lowest BCUT2D eigenvalue weighted by molar-refractivity contribution is -0.115. The van der Waals surface area contributed by atoms with E-state index in [1.54, 1.807) is 36.4 Å². The van der Waals surface area contributed by atoms with Gasteiger partial charge in [0.2, 0.25) is 0 Å². The van der Waals surface area contributed by atoms with Crippen molar-refractivity contribution in [2.45, 2.75) is 18.7 Å². The third-order valence-electron chi connectivity index (χ3n) is 4.68. The van der Waals surface area contributed by atoms with Gasteiger partial charge in [0, 0.05) is 10.0 Å². The van der Waals surface area contributed by atoms with Crippen LogP contribution in [-0.4, -0.2) is 19.5 Å². The first kappa shape index (κ1) is 23.3. The Morgan fingerprint density at radius 1 is 0.970 bits per heavy atom. The number of aliphatic imine (C=N–C) groups is 1. The minimum absolute atomic E-state index is 0.0510. The molecule has 1 heterocycles. The second-order valence-corrected chi connectivity index (χ2v) is 10.8. The minimum Gasteiger partial charge on any atom is -0.378 e. The van der Waals surface area contributed by atoms with Crippen LogP contribution in [0, 0.1) is 13.8 Å². The highest BCUT2D eigenvalue weighted by Gasteiger charge is 2.25. The minimum atomic E-state index is -4.04. The van der Waals surface area contributed by atoms with Crippen LogP contribution in [0.3, 0.4) is 0 Å². The van der Waals surface area contributed by atoms with E-state index in [-0.39, 0.29) is 16.6 Å². The van der Waals surface area contributed by atoms with Crippen molar-refractivity contribution < 1.29 is 17.4 Å². The summed E-state index contributed by atoms with van der Waals surface area (Å²) in [6, 6.07) is 18.9. The molecular weight excluding hydrogens is 524 g/mol.